The lowest BCUT2D eigenvalue weighted by Crippen LogP contribution is -1.89. The highest BCUT2D eigenvalue weighted by atomic mass is 32.1. The van der Waals surface area contributed by atoms with Crippen LogP contribution >= 0.6 is 11.3 Å². The van der Waals surface area contributed by atoms with E-state index in [1.165, 1.54) is 0 Å². The molecule has 1 aromatic heterocycles. The molecular formula is C16H13NO3S. The van der Waals surface area contributed by atoms with Gasteiger partial charge in [-0.25, -0.2) is 0 Å². The van der Waals surface area contributed by atoms with E-state index in [4.69, 9.17) is 4.74 Å². The Bertz CT molecular complexity index is 892. The highest BCUT2D eigenvalue weighted by molar-refractivity contribution is 7.10. The van der Waals surface area contributed by atoms with Gasteiger partial charge in [-0.05, 0) is 40.1 Å². The van der Waals surface area contributed by atoms with E-state index in [-0.39, 0.29) is 10.8 Å². The maximum atomic E-state index is 11.3. The Hall–Kier alpha value is -2.53. The van der Waals surface area contributed by atoms with Gasteiger partial charge in [0.2, 0.25) is 5.88 Å². The van der Waals surface area contributed by atoms with Crippen molar-refractivity contribution in [1.82, 2.24) is 4.98 Å². The van der Waals surface area contributed by atoms with Crippen LogP contribution in [0.25, 0.3) is 16.3 Å². The summed E-state index contributed by atoms with van der Waals surface area (Å²) in [4.78, 5) is 13.8. The molecular weight excluding hydrogens is 286 g/mol. The molecule has 2 aromatic carbocycles. The molecule has 0 bridgehead atoms. The molecule has 0 spiro atoms. The first kappa shape index (κ1) is 13.5. The van der Waals surface area contributed by atoms with Crippen molar-refractivity contribution >= 4 is 27.7 Å². The van der Waals surface area contributed by atoms with Gasteiger partial charge in [0, 0.05) is 0 Å². The fourth-order valence-electron chi connectivity index (χ4n) is 2.19. The molecule has 0 fully saturated rings. The molecule has 0 amide bonds. The van der Waals surface area contributed by atoms with Gasteiger partial charge in [0.25, 0.3) is 0 Å². The molecule has 0 unspecified atom stereocenters. The van der Waals surface area contributed by atoms with Crippen LogP contribution in [0.1, 0.15) is 10.4 Å². The zero-order valence-corrected chi connectivity index (χ0v) is 12.2. The fraction of sp³-hybridized carbons (Fsp3) is 0.0625. The quantitative estimate of drug-likeness (QED) is 0.779. The van der Waals surface area contributed by atoms with Crippen LogP contribution < -0.4 is 9.61 Å². The van der Waals surface area contributed by atoms with Gasteiger partial charge >= 0.3 is 4.87 Å². The first-order chi connectivity index (χ1) is 10.1. The van der Waals surface area contributed by atoms with E-state index in [1.807, 2.05) is 36.4 Å². The van der Waals surface area contributed by atoms with Crippen molar-refractivity contribution in [3.05, 3.63) is 63.1 Å². The van der Waals surface area contributed by atoms with E-state index >= 15 is 0 Å². The zero-order chi connectivity index (χ0) is 15.0. The van der Waals surface area contributed by atoms with Gasteiger partial charge < -0.3 is 9.84 Å². The largest absolute Gasteiger partial charge is 0.497 e. The summed E-state index contributed by atoms with van der Waals surface area (Å²) in [7, 11) is 1.63. The number of aromatic hydroxyl groups is 1. The topological polar surface area (TPSA) is 62.3 Å². The number of ether oxygens (including phenoxy) is 1. The Morgan fingerprint density at radius 2 is 1.95 bits per heavy atom. The number of methoxy groups -OCH3 is 1. The van der Waals surface area contributed by atoms with Gasteiger partial charge in [0.1, 0.15) is 5.75 Å². The maximum absolute atomic E-state index is 11.3. The summed E-state index contributed by atoms with van der Waals surface area (Å²) < 4.78 is 5.20. The number of hydrogen-bond acceptors (Lipinski definition) is 4. The Labute approximate surface area is 125 Å². The van der Waals surface area contributed by atoms with Gasteiger partial charge in [0.05, 0.1) is 12.0 Å². The van der Waals surface area contributed by atoms with E-state index in [0.29, 0.717) is 10.5 Å². The Kier molecular flexibility index (Phi) is 3.27. The summed E-state index contributed by atoms with van der Waals surface area (Å²) in [5, 5.41) is 11.8. The minimum absolute atomic E-state index is 0.134. The maximum Gasteiger partial charge on any atom is 0.307 e. The Morgan fingerprint density at radius 1 is 1.24 bits per heavy atom. The minimum atomic E-state index is -0.297. The summed E-state index contributed by atoms with van der Waals surface area (Å²) in [6, 6.07) is 11.7. The summed E-state index contributed by atoms with van der Waals surface area (Å²) in [6.45, 7) is 3.98. The van der Waals surface area contributed by atoms with E-state index in [0.717, 1.165) is 33.4 Å². The smallest absolute Gasteiger partial charge is 0.307 e. The zero-order valence-electron chi connectivity index (χ0n) is 11.3. The monoisotopic (exact) mass is 299 g/mol. The molecule has 0 atom stereocenters. The molecule has 3 aromatic rings. The average molecular weight is 299 g/mol. The van der Waals surface area contributed by atoms with Crippen molar-refractivity contribution < 1.29 is 9.84 Å². The lowest BCUT2D eigenvalue weighted by Gasteiger charge is -2.07. The number of H-pyrrole nitrogens is 1. The van der Waals surface area contributed by atoms with Crippen molar-refractivity contribution in [3.63, 3.8) is 0 Å². The highest BCUT2D eigenvalue weighted by Crippen LogP contribution is 2.32. The van der Waals surface area contributed by atoms with Crippen molar-refractivity contribution in [3.8, 4) is 11.6 Å². The fourth-order valence-corrected chi connectivity index (χ4v) is 2.92. The highest BCUT2D eigenvalue weighted by Gasteiger charge is 2.12. The number of thiazole rings is 1. The lowest BCUT2D eigenvalue weighted by atomic mass is 10.0. The van der Waals surface area contributed by atoms with E-state index < -0.39 is 0 Å². The second-order valence-corrected chi connectivity index (χ2v) is 5.58. The summed E-state index contributed by atoms with van der Waals surface area (Å²) >= 11 is 0.948. The van der Waals surface area contributed by atoms with Gasteiger partial charge in [-0.2, -0.15) is 0 Å². The second kappa shape index (κ2) is 5.10. The van der Waals surface area contributed by atoms with Crippen molar-refractivity contribution in [2.45, 2.75) is 0 Å². The standard InChI is InChI=1S/C16H13NO3S/c1-9(14-15(18)17-16(19)21-14)10-3-4-12-8-13(20-2)6-5-11(12)7-10/h3-8,18H,1H2,2H3,(H,17,19). The normalized spacial score (nSPS) is 10.7. The average Bonchev–Trinajstić information content (AvgIpc) is 2.84. The molecule has 0 saturated heterocycles. The molecule has 0 aliphatic rings. The third-order valence-electron chi connectivity index (χ3n) is 3.30. The summed E-state index contributed by atoms with van der Waals surface area (Å²) in [5.74, 6) is 0.667. The number of nitrogens with one attached hydrogen (secondary N) is 1. The van der Waals surface area contributed by atoms with Gasteiger partial charge in [-0.15, -0.1) is 0 Å². The van der Waals surface area contributed by atoms with E-state index in [9.17, 15) is 9.90 Å². The third kappa shape index (κ3) is 2.43. The van der Waals surface area contributed by atoms with Crippen molar-refractivity contribution in [2.75, 3.05) is 7.11 Å². The third-order valence-corrected chi connectivity index (χ3v) is 4.23. The van der Waals surface area contributed by atoms with Crippen LogP contribution in [-0.4, -0.2) is 17.2 Å². The predicted octanol–water partition coefficient (Wildman–Crippen LogP) is 3.37. The number of hydrogen-bond donors (Lipinski definition) is 2. The van der Waals surface area contributed by atoms with Crippen molar-refractivity contribution in [1.29, 1.82) is 0 Å². The van der Waals surface area contributed by atoms with Crippen LogP contribution in [0, 0.1) is 0 Å². The van der Waals surface area contributed by atoms with E-state index in [1.54, 1.807) is 7.11 Å². The van der Waals surface area contributed by atoms with Crippen molar-refractivity contribution in [2.24, 2.45) is 0 Å². The predicted molar refractivity (Wildman–Crippen MR) is 85.2 cm³/mol. The molecule has 2 N–H and O–H groups in total. The van der Waals surface area contributed by atoms with Crippen LogP contribution in [0.5, 0.6) is 11.6 Å². The second-order valence-electron chi connectivity index (χ2n) is 4.60. The Morgan fingerprint density at radius 3 is 2.62 bits per heavy atom. The molecule has 4 nitrogen and oxygen atoms in total. The van der Waals surface area contributed by atoms with Crippen LogP contribution in [-0.2, 0) is 0 Å². The number of benzene rings is 2. The first-order valence-electron chi connectivity index (χ1n) is 6.28. The summed E-state index contributed by atoms with van der Waals surface area (Å²) in [6.07, 6.45) is 0. The van der Waals surface area contributed by atoms with Crippen LogP contribution in [0.15, 0.2) is 47.8 Å². The number of fused-ring (bicyclic) bond motifs is 1. The molecule has 1 heterocycles. The van der Waals surface area contributed by atoms with Gasteiger partial charge in [0.15, 0.2) is 0 Å². The van der Waals surface area contributed by atoms with Crippen LogP contribution in [0.4, 0.5) is 0 Å². The minimum Gasteiger partial charge on any atom is -0.497 e. The SMILES string of the molecule is C=C(c1ccc2cc(OC)ccc2c1)c1sc(=O)[nH]c1O. The van der Waals surface area contributed by atoms with E-state index in [2.05, 4.69) is 11.6 Å². The van der Waals surface area contributed by atoms with Crippen LogP contribution in [0.3, 0.4) is 0 Å². The van der Waals surface area contributed by atoms with Gasteiger partial charge in [-0.3, -0.25) is 9.78 Å². The molecule has 0 saturated carbocycles. The molecule has 106 valence electrons. The molecule has 0 aliphatic carbocycles. The molecule has 0 aliphatic heterocycles. The summed E-state index contributed by atoms with van der Waals surface area (Å²) in [5.41, 5.74) is 1.48. The number of aromatic amines is 1. The molecule has 21 heavy (non-hydrogen) atoms. The molecule has 0 radical (unpaired) electrons. The lowest BCUT2D eigenvalue weighted by molar-refractivity contribution is 0.415. The van der Waals surface area contributed by atoms with Gasteiger partial charge in [-0.1, -0.05) is 36.1 Å². The van der Waals surface area contributed by atoms with Crippen LogP contribution in [0.2, 0.25) is 0 Å². The molecule has 3 rings (SSSR count). The molecule has 5 heteroatoms. The Balaban J connectivity index is 2.06. The number of rotatable bonds is 3. The number of aromatic nitrogens is 1. The first-order valence-corrected chi connectivity index (χ1v) is 7.09.